The van der Waals surface area contributed by atoms with E-state index in [9.17, 15) is 8.42 Å². The Hall–Kier alpha value is 0.430. The number of benzene rings is 1. The van der Waals surface area contributed by atoms with Crippen molar-refractivity contribution in [2.75, 3.05) is 9.15 Å². The van der Waals surface area contributed by atoms with Gasteiger partial charge in [-0.3, -0.25) is 0 Å². The Balaban J connectivity index is 2.83. The van der Waals surface area contributed by atoms with Gasteiger partial charge in [-0.15, -0.1) is 0 Å². The third kappa shape index (κ3) is 4.78. The van der Waals surface area contributed by atoms with E-state index in [-0.39, 0.29) is 21.2 Å². The fourth-order valence-electron chi connectivity index (χ4n) is 0.930. The fraction of sp³-hybridized carbons (Fsp3) is 0.250. The van der Waals surface area contributed by atoms with E-state index in [2.05, 4.69) is 11.6 Å². The standard InChI is InChI=1S/C8H10I2NO2S/c1-2-10-7-4-3-5-8(6-7)11-14(9,12)13/h3-6,11H,2H2,1H3/q-1. The predicted molar refractivity (Wildman–Crippen MR) is 62.2 cm³/mol. The number of halogens is 2. The summed E-state index contributed by atoms with van der Waals surface area (Å²) in [6.07, 6.45) is 0. The van der Waals surface area contributed by atoms with Crippen LogP contribution in [0.1, 0.15) is 6.92 Å². The van der Waals surface area contributed by atoms with Crippen molar-refractivity contribution >= 4 is 34.1 Å². The average molecular weight is 438 g/mol. The van der Waals surface area contributed by atoms with Gasteiger partial charge in [0.2, 0.25) is 0 Å². The van der Waals surface area contributed by atoms with Crippen molar-refractivity contribution in [3.05, 3.63) is 27.8 Å². The summed E-state index contributed by atoms with van der Waals surface area (Å²) in [6, 6.07) is 7.60. The Bertz CT molecular complexity index is 406. The second-order valence-corrected chi connectivity index (χ2v) is 10.5. The molecule has 0 spiro atoms. The molecular formula is C8H10I2NO2S-. The Morgan fingerprint density at radius 1 is 1.50 bits per heavy atom. The maximum atomic E-state index is 11.0. The normalized spacial score (nSPS) is 11.6. The topological polar surface area (TPSA) is 46.2 Å². The molecule has 0 aromatic heterocycles. The first kappa shape index (κ1) is 12.5. The van der Waals surface area contributed by atoms with Crippen molar-refractivity contribution in [3.63, 3.8) is 0 Å². The van der Waals surface area contributed by atoms with Gasteiger partial charge in [0.05, 0.1) is 0 Å². The molecule has 80 valence electrons. The predicted octanol–water partition coefficient (Wildman–Crippen LogP) is -0.943. The molecule has 0 saturated heterocycles. The molecule has 14 heavy (non-hydrogen) atoms. The Morgan fingerprint density at radius 3 is 2.79 bits per heavy atom. The van der Waals surface area contributed by atoms with E-state index in [0.717, 1.165) is 0 Å². The van der Waals surface area contributed by atoms with E-state index in [0.29, 0.717) is 5.69 Å². The van der Waals surface area contributed by atoms with Crippen molar-refractivity contribution in [3.8, 4) is 0 Å². The summed E-state index contributed by atoms with van der Waals surface area (Å²) in [5.74, 6) is 0. The third-order valence-electron chi connectivity index (χ3n) is 1.35. The van der Waals surface area contributed by atoms with Crippen LogP contribution in [0, 0.1) is 3.57 Å². The Kier molecular flexibility index (Phi) is 4.91. The van der Waals surface area contributed by atoms with Crippen LogP contribution in [0.5, 0.6) is 0 Å². The first-order valence-corrected chi connectivity index (χ1v) is 10.6. The van der Waals surface area contributed by atoms with Crippen molar-refractivity contribution in [1.29, 1.82) is 0 Å². The second kappa shape index (κ2) is 5.50. The number of alkyl halides is 1. The molecular weight excluding hydrogens is 428 g/mol. The molecule has 0 amide bonds. The summed E-state index contributed by atoms with van der Waals surface area (Å²) in [5, 5.41) is 0. The molecule has 3 nitrogen and oxygen atoms in total. The van der Waals surface area contributed by atoms with Crippen LogP contribution >= 0.6 is 21.2 Å². The van der Waals surface area contributed by atoms with Gasteiger partial charge in [0.25, 0.3) is 0 Å². The zero-order chi connectivity index (χ0) is 10.6. The minimum absolute atomic E-state index is 0.0330. The van der Waals surface area contributed by atoms with Gasteiger partial charge in [-0.05, 0) is 0 Å². The first-order chi connectivity index (χ1) is 6.51. The van der Waals surface area contributed by atoms with Crippen LogP contribution in [0.25, 0.3) is 0 Å². The quantitative estimate of drug-likeness (QED) is 0.375. The van der Waals surface area contributed by atoms with Gasteiger partial charge < -0.3 is 0 Å². The molecule has 6 heteroatoms. The summed E-state index contributed by atoms with van der Waals surface area (Å²) in [4.78, 5) is 0. The SMILES string of the molecule is CC[I-]c1cccc(NS(=O)(=O)I)c1. The number of nitrogens with one attached hydrogen (secondary N) is 1. The van der Waals surface area contributed by atoms with E-state index in [1.54, 1.807) is 6.07 Å². The molecule has 0 fully saturated rings. The van der Waals surface area contributed by atoms with Crippen molar-refractivity contribution in [1.82, 2.24) is 0 Å². The van der Waals surface area contributed by atoms with E-state index in [4.69, 9.17) is 0 Å². The molecule has 0 aliphatic heterocycles. The van der Waals surface area contributed by atoms with Gasteiger partial charge in [0.1, 0.15) is 0 Å². The molecule has 1 N–H and O–H groups in total. The molecule has 0 aliphatic carbocycles. The van der Waals surface area contributed by atoms with Gasteiger partial charge in [-0.25, -0.2) is 0 Å². The van der Waals surface area contributed by atoms with Gasteiger partial charge in [-0.2, -0.15) is 0 Å². The molecule has 1 aromatic carbocycles. The van der Waals surface area contributed by atoms with Crippen LogP contribution in [0.2, 0.25) is 0 Å². The summed E-state index contributed by atoms with van der Waals surface area (Å²) in [6.45, 7) is 2.14. The monoisotopic (exact) mass is 438 g/mol. The number of hydrogen-bond acceptors (Lipinski definition) is 2. The van der Waals surface area contributed by atoms with Crippen LogP contribution in [0.15, 0.2) is 24.3 Å². The summed E-state index contributed by atoms with van der Waals surface area (Å²) in [5.41, 5.74) is 0.657. The molecule has 0 bridgehead atoms. The fourth-order valence-corrected chi connectivity index (χ4v) is 4.00. The zero-order valence-electron chi connectivity index (χ0n) is 7.50. The Labute approximate surface area is 107 Å². The summed E-state index contributed by atoms with van der Waals surface area (Å²) in [7, 11) is -3.18. The molecule has 0 heterocycles. The number of anilines is 1. The Morgan fingerprint density at radius 2 is 2.21 bits per heavy atom. The van der Waals surface area contributed by atoms with E-state index in [1.807, 2.05) is 18.2 Å². The molecule has 1 rings (SSSR count). The maximum absolute atomic E-state index is 11.0. The molecule has 0 saturated carbocycles. The zero-order valence-corrected chi connectivity index (χ0v) is 12.6. The molecule has 0 radical (unpaired) electrons. The van der Waals surface area contributed by atoms with Crippen LogP contribution in [0.3, 0.4) is 0 Å². The molecule has 1 aromatic rings. The van der Waals surface area contributed by atoms with Crippen LogP contribution in [0.4, 0.5) is 5.69 Å². The summed E-state index contributed by atoms with van der Waals surface area (Å²) < 4.78 is 26.8. The minimum atomic E-state index is -3.18. The first-order valence-electron chi connectivity index (χ1n) is 3.93. The van der Waals surface area contributed by atoms with Crippen LogP contribution < -0.4 is 25.9 Å². The van der Waals surface area contributed by atoms with Gasteiger partial charge in [-0.1, -0.05) is 0 Å². The third-order valence-corrected chi connectivity index (χ3v) is 4.81. The molecule has 0 unspecified atom stereocenters. The van der Waals surface area contributed by atoms with Gasteiger partial charge >= 0.3 is 108 Å². The van der Waals surface area contributed by atoms with Gasteiger partial charge in [0, 0.05) is 0 Å². The van der Waals surface area contributed by atoms with Gasteiger partial charge in [0.15, 0.2) is 0 Å². The second-order valence-electron chi connectivity index (χ2n) is 2.45. The van der Waals surface area contributed by atoms with E-state index < -0.39 is 7.19 Å². The number of rotatable bonds is 4. The van der Waals surface area contributed by atoms with Crippen molar-refractivity contribution in [2.24, 2.45) is 0 Å². The van der Waals surface area contributed by atoms with Crippen LogP contribution in [-0.2, 0) is 7.19 Å². The average Bonchev–Trinajstić information content (AvgIpc) is 2.02. The molecule has 0 atom stereocenters. The van der Waals surface area contributed by atoms with Crippen molar-refractivity contribution < 1.29 is 29.6 Å². The van der Waals surface area contributed by atoms with Crippen molar-refractivity contribution in [2.45, 2.75) is 6.92 Å². The van der Waals surface area contributed by atoms with E-state index in [1.165, 1.54) is 29.2 Å². The summed E-state index contributed by atoms with van der Waals surface area (Å²) >= 11 is 1.42. The molecule has 0 aliphatic rings. The van der Waals surface area contributed by atoms with Crippen LogP contribution in [-0.4, -0.2) is 12.8 Å². The number of hydrogen-bond donors (Lipinski definition) is 1. The van der Waals surface area contributed by atoms with E-state index >= 15 is 0 Å².